The minimum absolute atomic E-state index is 0.0145. The number of carboxylic acids is 1. The number of aliphatic carboxylic acids is 1. The van der Waals surface area contributed by atoms with Crippen molar-refractivity contribution in [3.8, 4) is 11.1 Å². The van der Waals surface area contributed by atoms with Gasteiger partial charge in [-0.3, -0.25) is 9.59 Å². The Morgan fingerprint density at radius 2 is 1.71 bits per heavy atom. The third-order valence-corrected chi connectivity index (χ3v) is 6.35. The summed E-state index contributed by atoms with van der Waals surface area (Å²) in [5, 5.41) is 14.6. The Hall–Kier alpha value is -3.87. The number of benzene rings is 2. The molecular weight excluding hydrogens is 432 g/mol. The van der Waals surface area contributed by atoms with Crippen LogP contribution in [0.15, 0.2) is 72.3 Å². The molecule has 2 aliphatic carbocycles. The summed E-state index contributed by atoms with van der Waals surface area (Å²) < 4.78 is 5.49. The summed E-state index contributed by atoms with van der Waals surface area (Å²) in [5.41, 5.74) is 5.06. The summed E-state index contributed by atoms with van der Waals surface area (Å²) in [7, 11) is 0. The number of alkyl carbamates (subject to hydrolysis) is 1. The summed E-state index contributed by atoms with van der Waals surface area (Å²) >= 11 is 0. The number of hydrogen-bond acceptors (Lipinski definition) is 4. The van der Waals surface area contributed by atoms with E-state index < -0.39 is 18.0 Å². The Kier molecular flexibility index (Phi) is 7.11. The van der Waals surface area contributed by atoms with Crippen molar-refractivity contribution in [3.63, 3.8) is 0 Å². The third-order valence-electron chi connectivity index (χ3n) is 6.35. The first-order chi connectivity index (χ1) is 16.4. The van der Waals surface area contributed by atoms with Crippen LogP contribution in [0.1, 0.15) is 36.8 Å². The van der Waals surface area contributed by atoms with Crippen LogP contribution < -0.4 is 10.6 Å². The van der Waals surface area contributed by atoms with Crippen LogP contribution in [-0.2, 0) is 14.3 Å². The molecule has 0 fully saturated rings. The maximum Gasteiger partial charge on any atom is 0.407 e. The summed E-state index contributed by atoms with van der Waals surface area (Å²) in [4.78, 5) is 35.8. The Balaban J connectivity index is 1.26. The number of rotatable bonds is 7. The van der Waals surface area contributed by atoms with Gasteiger partial charge in [0.2, 0.25) is 5.91 Å². The lowest BCUT2D eigenvalue weighted by Gasteiger charge is -2.23. The number of allylic oxidation sites excluding steroid dienone is 1. The number of amides is 2. The zero-order valence-electron chi connectivity index (χ0n) is 19.0. The first kappa shape index (κ1) is 23.3. The van der Waals surface area contributed by atoms with Gasteiger partial charge in [0.15, 0.2) is 0 Å². The van der Waals surface area contributed by atoms with Crippen molar-refractivity contribution < 1.29 is 24.2 Å². The molecule has 176 valence electrons. The van der Waals surface area contributed by atoms with E-state index in [1.807, 2.05) is 30.3 Å². The maximum atomic E-state index is 12.4. The molecule has 0 aliphatic heterocycles. The summed E-state index contributed by atoms with van der Waals surface area (Å²) in [6.45, 7) is 2.02. The lowest BCUT2D eigenvalue weighted by atomic mass is 9.91. The first-order valence-corrected chi connectivity index (χ1v) is 11.4. The van der Waals surface area contributed by atoms with E-state index in [1.165, 1.54) is 11.1 Å². The molecule has 2 amide bonds. The molecule has 0 saturated carbocycles. The Morgan fingerprint density at radius 1 is 1.06 bits per heavy atom. The fraction of sp³-hybridized carbons (Fsp3) is 0.296. The molecule has 0 aromatic heterocycles. The highest BCUT2D eigenvalue weighted by molar-refractivity contribution is 5.93. The standard InChI is InChI=1S/C27H28N2O5/c1-17(25(30)29-19-8-6-7-18(15-19)26(31)32)13-14-28-27(33)34-16-24-22-11-4-2-9-20(22)21-10-3-5-12-23(21)24/h2-6,8-13,18-19,24H,7,14-16H2,1H3,(H,28,33)(H,29,30)(H,31,32)/b17-13+. The van der Waals surface area contributed by atoms with Gasteiger partial charge in [0.1, 0.15) is 6.61 Å². The van der Waals surface area contributed by atoms with Crippen molar-refractivity contribution in [2.24, 2.45) is 5.92 Å². The number of nitrogens with one attached hydrogen (secondary N) is 2. The van der Waals surface area contributed by atoms with Crippen molar-refractivity contribution >= 4 is 18.0 Å². The second-order valence-corrected chi connectivity index (χ2v) is 8.61. The third kappa shape index (κ3) is 5.20. The van der Waals surface area contributed by atoms with Crippen LogP contribution in [0, 0.1) is 5.92 Å². The zero-order chi connectivity index (χ0) is 24.1. The van der Waals surface area contributed by atoms with Gasteiger partial charge in [0.25, 0.3) is 0 Å². The lowest BCUT2D eigenvalue weighted by molar-refractivity contribution is -0.142. The van der Waals surface area contributed by atoms with Crippen molar-refractivity contribution in [1.29, 1.82) is 0 Å². The number of fused-ring (bicyclic) bond motifs is 3. The van der Waals surface area contributed by atoms with Gasteiger partial charge in [-0.15, -0.1) is 0 Å². The van der Waals surface area contributed by atoms with E-state index in [9.17, 15) is 14.4 Å². The van der Waals surface area contributed by atoms with Gasteiger partial charge in [-0.25, -0.2) is 4.79 Å². The fourth-order valence-corrected chi connectivity index (χ4v) is 4.51. The van der Waals surface area contributed by atoms with Crippen LogP contribution in [0.25, 0.3) is 11.1 Å². The topological polar surface area (TPSA) is 105 Å². The molecule has 2 aromatic carbocycles. The quantitative estimate of drug-likeness (QED) is 0.428. The van der Waals surface area contributed by atoms with Crippen LogP contribution in [0.4, 0.5) is 4.79 Å². The van der Waals surface area contributed by atoms with Crippen LogP contribution in [0.3, 0.4) is 0 Å². The average Bonchev–Trinajstić information content (AvgIpc) is 3.16. The summed E-state index contributed by atoms with van der Waals surface area (Å²) in [6.07, 6.45) is 5.50. The van der Waals surface area contributed by atoms with Crippen LogP contribution in [0.5, 0.6) is 0 Å². The highest BCUT2D eigenvalue weighted by atomic mass is 16.5. The Morgan fingerprint density at radius 3 is 2.35 bits per heavy atom. The fourth-order valence-electron chi connectivity index (χ4n) is 4.51. The molecule has 2 unspecified atom stereocenters. The molecule has 34 heavy (non-hydrogen) atoms. The normalized spacial score (nSPS) is 19.1. The molecular formula is C27H28N2O5. The highest BCUT2D eigenvalue weighted by Gasteiger charge is 2.29. The molecule has 3 N–H and O–H groups in total. The van der Waals surface area contributed by atoms with Crippen LogP contribution in [0.2, 0.25) is 0 Å². The van der Waals surface area contributed by atoms with E-state index >= 15 is 0 Å². The molecule has 7 nitrogen and oxygen atoms in total. The monoisotopic (exact) mass is 460 g/mol. The first-order valence-electron chi connectivity index (χ1n) is 11.4. The predicted octanol–water partition coefficient (Wildman–Crippen LogP) is 4.01. The highest BCUT2D eigenvalue weighted by Crippen LogP contribution is 2.44. The maximum absolute atomic E-state index is 12.4. The number of ether oxygens (including phenoxy) is 1. The van der Waals surface area contributed by atoms with E-state index in [4.69, 9.17) is 9.84 Å². The van der Waals surface area contributed by atoms with E-state index in [2.05, 4.69) is 34.9 Å². The molecule has 0 spiro atoms. The summed E-state index contributed by atoms with van der Waals surface area (Å²) in [5.74, 6) is -1.66. The van der Waals surface area contributed by atoms with Crippen molar-refractivity contribution in [3.05, 3.63) is 83.5 Å². The minimum atomic E-state index is -0.858. The molecule has 0 radical (unpaired) electrons. The van der Waals surface area contributed by atoms with E-state index in [0.29, 0.717) is 18.4 Å². The second kappa shape index (κ2) is 10.4. The van der Waals surface area contributed by atoms with Crippen LogP contribution >= 0.6 is 0 Å². The molecule has 4 rings (SSSR count). The van der Waals surface area contributed by atoms with Gasteiger partial charge in [0.05, 0.1) is 5.92 Å². The van der Waals surface area contributed by atoms with Crippen molar-refractivity contribution in [2.75, 3.05) is 13.2 Å². The van der Waals surface area contributed by atoms with Gasteiger partial charge in [0, 0.05) is 24.1 Å². The van der Waals surface area contributed by atoms with Crippen molar-refractivity contribution in [2.45, 2.75) is 31.7 Å². The van der Waals surface area contributed by atoms with E-state index in [1.54, 1.807) is 19.1 Å². The number of hydrogen-bond donors (Lipinski definition) is 3. The minimum Gasteiger partial charge on any atom is -0.481 e. The van der Waals surface area contributed by atoms with Gasteiger partial charge in [-0.05, 0) is 42.0 Å². The van der Waals surface area contributed by atoms with Gasteiger partial charge in [-0.2, -0.15) is 0 Å². The molecule has 2 atom stereocenters. The molecule has 0 bridgehead atoms. The molecule has 2 aliphatic rings. The Bertz CT molecular complexity index is 1110. The molecule has 0 heterocycles. The van der Waals surface area contributed by atoms with E-state index in [0.717, 1.165) is 11.1 Å². The lowest BCUT2D eigenvalue weighted by Crippen LogP contribution is -2.38. The molecule has 0 saturated heterocycles. The van der Waals surface area contributed by atoms with Gasteiger partial charge >= 0.3 is 12.1 Å². The van der Waals surface area contributed by atoms with Gasteiger partial charge < -0.3 is 20.5 Å². The number of carbonyl (C=O) groups excluding carboxylic acids is 2. The smallest absolute Gasteiger partial charge is 0.407 e. The largest absolute Gasteiger partial charge is 0.481 e. The SMILES string of the molecule is C/C(=C\CNC(=O)OCC1c2ccccc2-c2ccccc21)C(=O)NC1C=CCC(C(=O)O)C1. The Labute approximate surface area is 198 Å². The summed E-state index contributed by atoms with van der Waals surface area (Å²) in [6, 6.07) is 16.0. The van der Waals surface area contributed by atoms with Crippen LogP contribution in [-0.4, -0.2) is 42.3 Å². The van der Waals surface area contributed by atoms with Crippen molar-refractivity contribution in [1.82, 2.24) is 10.6 Å². The zero-order valence-corrected chi connectivity index (χ0v) is 19.0. The predicted molar refractivity (Wildman–Crippen MR) is 128 cm³/mol. The van der Waals surface area contributed by atoms with E-state index in [-0.39, 0.29) is 31.0 Å². The number of carboxylic acid groups (broad SMARTS) is 1. The molecule has 2 aromatic rings. The molecule has 7 heteroatoms. The number of carbonyl (C=O) groups is 3. The van der Waals surface area contributed by atoms with Gasteiger partial charge in [-0.1, -0.05) is 66.8 Å². The average molecular weight is 461 g/mol. The second-order valence-electron chi connectivity index (χ2n) is 8.61.